The van der Waals surface area contributed by atoms with Gasteiger partial charge in [-0.2, -0.15) is 4.98 Å². The summed E-state index contributed by atoms with van der Waals surface area (Å²) < 4.78 is 1.70. The van der Waals surface area contributed by atoms with Crippen LogP contribution in [0.25, 0.3) is 5.78 Å². The number of fused-ring (bicyclic) bond motifs is 3. The maximum atomic E-state index is 12.3. The molecule has 4 rings (SSSR count). The predicted molar refractivity (Wildman–Crippen MR) is 73.8 cm³/mol. The van der Waals surface area contributed by atoms with Crippen LogP contribution in [0.4, 0.5) is 0 Å². The van der Waals surface area contributed by atoms with Crippen molar-refractivity contribution < 1.29 is 4.79 Å². The van der Waals surface area contributed by atoms with Gasteiger partial charge >= 0.3 is 0 Å². The van der Waals surface area contributed by atoms with E-state index in [0.29, 0.717) is 22.5 Å². The number of amides is 1. The quantitative estimate of drug-likeness (QED) is 0.890. The van der Waals surface area contributed by atoms with E-state index in [9.17, 15) is 4.79 Å². The van der Waals surface area contributed by atoms with Gasteiger partial charge in [-0.15, -0.1) is 0 Å². The Bertz CT molecular complexity index is 684. The second kappa shape index (κ2) is 4.43. The van der Waals surface area contributed by atoms with Gasteiger partial charge in [0.15, 0.2) is 0 Å². The fraction of sp³-hybridized carbons (Fsp3) is 0.462. The molecule has 1 N–H and O–H groups in total. The molecule has 104 valence electrons. The third kappa shape index (κ3) is 1.96. The monoisotopic (exact) mass is 291 g/mol. The molecule has 3 atom stereocenters. The van der Waals surface area contributed by atoms with Crippen molar-refractivity contribution in [1.29, 1.82) is 0 Å². The second-order valence-electron chi connectivity index (χ2n) is 5.47. The number of carbonyl (C=O) groups is 1. The van der Waals surface area contributed by atoms with Crippen LogP contribution in [-0.4, -0.2) is 50.9 Å². The Morgan fingerprint density at radius 3 is 3.05 bits per heavy atom. The largest absolute Gasteiger partial charge is 0.346 e. The lowest BCUT2D eigenvalue weighted by molar-refractivity contribution is 0.0919. The molecule has 0 radical (unpaired) electrons. The zero-order valence-electron chi connectivity index (χ0n) is 10.8. The summed E-state index contributed by atoms with van der Waals surface area (Å²) in [5.74, 6) is 0.897. The Labute approximate surface area is 120 Å². The second-order valence-corrected chi connectivity index (χ2v) is 5.86. The van der Waals surface area contributed by atoms with E-state index >= 15 is 0 Å². The molecule has 1 amide bonds. The molecule has 0 saturated carbocycles. The van der Waals surface area contributed by atoms with Crippen LogP contribution in [0.5, 0.6) is 0 Å². The van der Waals surface area contributed by atoms with Crippen molar-refractivity contribution in [1.82, 2.24) is 24.6 Å². The number of nitrogens with zero attached hydrogens (tertiary/aromatic N) is 4. The van der Waals surface area contributed by atoms with Gasteiger partial charge in [-0.25, -0.2) is 4.98 Å². The fourth-order valence-corrected chi connectivity index (χ4v) is 3.34. The minimum Gasteiger partial charge on any atom is -0.346 e. The van der Waals surface area contributed by atoms with Crippen molar-refractivity contribution >= 4 is 23.3 Å². The number of nitrogens with one attached hydrogen (secondary N) is 1. The van der Waals surface area contributed by atoms with Gasteiger partial charge in [0.2, 0.25) is 5.78 Å². The minimum atomic E-state index is -0.134. The van der Waals surface area contributed by atoms with Crippen molar-refractivity contribution in [2.45, 2.75) is 12.5 Å². The highest BCUT2D eigenvalue weighted by atomic mass is 35.5. The highest BCUT2D eigenvalue weighted by Crippen LogP contribution is 2.27. The highest BCUT2D eigenvalue weighted by Gasteiger charge is 2.38. The van der Waals surface area contributed by atoms with E-state index in [4.69, 9.17) is 11.6 Å². The molecule has 20 heavy (non-hydrogen) atoms. The Balaban J connectivity index is 1.54. The molecule has 2 aromatic heterocycles. The molecule has 2 aliphatic rings. The summed E-state index contributed by atoms with van der Waals surface area (Å²) >= 11 is 5.82. The molecule has 2 unspecified atom stereocenters. The molecule has 2 bridgehead atoms. The van der Waals surface area contributed by atoms with Gasteiger partial charge < -0.3 is 10.2 Å². The number of rotatable bonds is 2. The molecule has 2 aliphatic heterocycles. The van der Waals surface area contributed by atoms with Crippen LogP contribution in [0, 0.1) is 5.92 Å². The van der Waals surface area contributed by atoms with E-state index in [-0.39, 0.29) is 11.9 Å². The van der Waals surface area contributed by atoms with E-state index in [1.54, 1.807) is 22.9 Å². The van der Waals surface area contributed by atoms with Crippen LogP contribution >= 0.6 is 11.6 Å². The summed E-state index contributed by atoms with van der Waals surface area (Å²) in [6, 6.07) is 1.94. The van der Waals surface area contributed by atoms with Crippen molar-refractivity contribution in [2.75, 3.05) is 19.6 Å². The lowest BCUT2D eigenvalue weighted by Gasteiger charge is -2.22. The first-order valence-corrected chi connectivity index (χ1v) is 7.11. The van der Waals surface area contributed by atoms with Crippen LogP contribution in [0.1, 0.15) is 16.9 Å². The molecular formula is C13H14ClN5O. The lowest BCUT2D eigenvalue weighted by atomic mass is 10.00. The Hall–Kier alpha value is -1.66. The molecule has 2 saturated heterocycles. The van der Waals surface area contributed by atoms with Crippen LogP contribution < -0.4 is 5.32 Å². The van der Waals surface area contributed by atoms with E-state index in [1.807, 2.05) is 0 Å². The first-order valence-electron chi connectivity index (χ1n) is 6.73. The molecule has 6 nitrogen and oxygen atoms in total. The van der Waals surface area contributed by atoms with Crippen LogP contribution in [-0.2, 0) is 0 Å². The van der Waals surface area contributed by atoms with E-state index in [1.165, 1.54) is 6.42 Å². The summed E-state index contributed by atoms with van der Waals surface area (Å²) in [6.07, 6.45) is 4.59. The van der Waals surface area contributed by atoms with Crippen molar-refractivity contribution in [3.63, 3.8) is 0 Å². The van der Waals surface area contributed by atoms with Crippen molar-refractivity contribution in [2.24, 2.45) is 5.92 Å². The van der Waals surface area contributed by atoms with Crippen LogP contribution in [0.3, 0.4) is 0 Å². The van der Waals surface area contributed by atoms with Gasteiger partial charge in [-0.1, -0.05) is 11.6 Å². The molecule has 0 aromatic carbocycles. The standard InChI is InChI=1S/C13H14ClN5O/c14-11-7-19-4-2-9(16-13(19)17-11)12(20)15-10-6-18-3-1-8(10)5-18/h2,4,7-8,10H,1,3,5-6H2,(H,15,20)/t8-,10?/m1/s1. The molecule has 0 aliphatic carbocycles. The van der Waals surface area contributed by atoms with Gasteiger partial charge in [0.05, 0.1) is 0 Å². The van der Waals surface area contributed by atoms with Gasteiger partial charge in [0.1, 0.15) is 10.8 Å². The third-order valence-electron chi connectivity index (χ3n) is 4.18. The summed E-state index contributed by atoms with van der Waals surface area (Å²) in [7, 11) is 0. The SMILES string of the molecule is O=C(NC1CN2CC[C@@H]1C2)c1ccn2cc(Cl)nc2n1. The maximum absolute atomic E-state index is 12.3. The van der Waals surface area contributed by atoms with Gasteiger partial charge in [0, 0.05) is 31.5 Å². The van der Waals surface area contributed by atoms with E-state index < -0.39 is 0 Å². The van der Waals surface area contributed by atoms with Gasteiger partial charge in [-0.3, -0.25) is 9.20 Å². The number of halogens is 1. The number of carbonyl (C=O) groups excluding carboxylic acids is 1. The normalized spacial score (nSPS) is 28.1. The van der Waals surface area contributed by atoms with Crippen molar-refractivity contribution in [3.8, 4) is 0 Å². The Morgan fingerprint density at radius 1 is 1.40 bits per heavy atom. The van der Waals surface area contributed by atoms with Gasteiger partial charge in [0.25, 0.3) is 5.91 Å². The topological polar surface area (TPSA) is 62.5 Å². The number of imidazole rings is 1. The average Bonchev–Trinajstić information content (AvgIpc) is 3.10. The van der Waals surface area contributed by atoms with Crippen LogP contribution in [0.2, 0.25) is 5.15 Å². The number of hydrogen-bond donors (Lipinski definition) is 1. The maximum Gasteiger partial charge on any atom is 0.270 e. The molecule has 4 heterocycles. The number of aromatic nitrogens is 3. The minimum absolute atomic E-state index is 0.134. The molecular weight excluding hydrogens is 278 g/mol. The lowest BCUT2D eigenvalue weighted by Crippen LogP contribution is -2.43. The number of hydrogen-bond acceptors (Lipinski definition) is 4. The highest BCUT2D eigenvalue weighted by molar-refractivity contribution is 6.29. The Morgan fingerprint density at radius 2 is 2.30 bits per heavy atom. The average molecular weight is 292 g/mol. The van der Waals surface area contributed by atoms with Crippen LogP contribution in [0.15, 0.2) is 18.5 Å². The molecule has 2 aromatic rings. The smallest absolute Gasteiger partial charge is 0.270 e. The summed E-state index contributed by atoms with van der Waals surface area (Å²) in [5.41, 5.74) is 0.387. The van der Waals surface area contributed by atoms with Crippen molar-refractivity contribution in [3.05, 3.63) is 29.3 Å². The molecule has 0 spiro atoms. The zero-order valence-corrected chi connectivity index (χ0v) is 11.5. The first-order chi connectivity index (χ1) is 9.69. The molecule has 7 heteroatoms. The number of piperidine rings is 1. The first kappa shape index (κ1) is 12.1. The Kier molecular flexibility index (Phi) is 2.68. The predicted octanol–water partition coefficient (Wildman–Crippen LogP) is 0.817. The zero-order chi connectivity index (χ0) is 13.7. The summed E-state index contributed by atoms with van der Waals surface area (Å²) in [6.45, 7) is 3.22. The fourth-order valence-electron chi connectivity index (χ4n) is 3.16. The molecule has 2 fully saturated rings. The van der Waals surface area contributed by atoms with E-state index in [0.717, 1.165) is 19.6 Å². The van der Waals surface area contributed by atoms with E-state index in [2.05, 4.69) is 20.2 Å². The summed E-state index contributed by atoms with van der Waals surface area (Å²) in [5, 5.41) is 3.46. The third-order valence-corrected chi connectivity index (χ3v) is 4.36. The summed E-state index contributed by atoms with van der Waals surface area (Å²) in [4.78, 5) is 23.0. The van der Waals surface area contributed by atoms with Gasteiger partial charge in [-0.05, 0) is 24.9 Å².